The first-order valence-electron chi connectivity index (χ1n) is 7.89. The van der Waals surface area contributed by atoms with E-state index in [9.17, 15) is 0 Å². The average Bonchev–Trinajstić information content (AvgIpc) is 2.45. The van der Waals surface area contributed by atoms with Crippen LogP contribution in [0.4, 0.5) is 0 Å². The molecule has 0 bridgehead atoms. The van der Waals surface area contributed by atoms with Crippen molar-refractivity contribution in [1.29, 1.82) is 0 Å². The van der Waals surface area contributed by atoms with Crippen LogP contribution in [0, 0.1) is 5.92 Å². The molecule has 0 N–H and O–H groups in total. The fourth-order valence-corrected chi connectivity index (χ4v) is 3.25. The number of aromatic nitrogens is 2. The summed E-state index contributed by atoms with van der Waals surface area (Å²) >= 11 is 6.16. The number of hydrogen-bond donors (Lipinski definition) is 0. The van der Waals surface area contributed by atoms with E-state index in [0.29, 0.717) is 17.7 Å². The van der Waals surface area contributed by atoms with Gasteiger partial charge in [0, 0.05) is 12.3 Å². The molecule has 1 aliphatic rings. The van der Waals surface area contributed by atoms with E-state index in [2.05, 4.69) is 11.9 Å². The van der Waals surface area contributed by atoms with Crippen molar-refractivity contribution in [2.75, 3.05) is 6.61 Å². The van der Waals surface area contributed by atoms with Gasteiger partial charge in [0.25, 0.3) is 0 Å². The fourth-order valence-electron chi connectivity index (χ4n) is 3.03. The summed E-state index contributed by atoms with van der Waals surface area (Å²) in [5.41, 5.74) is 1.03. The second-order valence-electron chi connectivity index (χ2n) is 5.56. The molecule has 0 amide bonds. The smallest absolute Gasteiger partial charge is 0.159 e. The topological polar surface area (TPSA) is 35.0 Å². The second kappa shape index (κ2) is 7.94. The van der Waals surface area contributed by atoms with Crippen molar-refractivity contribution in [2.45, 2.75) is 64.9 Å². The van der Waals surface area contributed by atoms with Gasteiger partial charge in [0.15, 0.2) is 5.82 Å². The van der Waals surface area contributed by atoms with Crippen molar-refractivity contribution in [1.82, 2.24) is 9.97 Å². The highest BCUT2D eigenvalue weighted by molar-refractivity contribution is 6.29. The first-order valence-corrected chi connectivity index (χ1v) is 8.27. The van der Waals surface area contributed by atoms with Crippen molar-refractivity contribution in [2.24, 2.45) is 5.92 Å². The van der Waals surface area contributed by atoms with Crippen LogP contribution in [0.5, 0.6) is 0 Å². The number of hydrogen-bond acceptors (Lipinski definition) is 3. The number of ether oxygens (including phenoxy) is 1. The van der Waals surface area contributed by atoms with Gasteiger partial charge >= 0.3 is 0 Å². The molecule has 1 aromatic rings. The molecule has 2 rings (SSSR count). The normalized spacial score (nSPS) is 18.1. The van der Waals surface area contributed by atoms with Crippen molar-refractivity contribution in [3.8, 4) is 0 Å². The lowest BCUT2D eigenvalue weighted by molar-refractivity contribution is -0.000315. The van der Waals surface area contributed by atoms with Gasteiger partial charge < -0.3 is 4.74 Å². The highest BCUT2D eigenvalue weighted by atomic mass is 35.5. The lowest BCUT2D eigenvalue weighted by Crippen LogP contribution is -2.21. The van der Waals surface area contributed by atoms with Crippen LogP contribution in [0.25, 0.3) is 0 Å². The Morgan fingerprint density at radius 3 is 2.65 bits per heavy atom. The molecule has 1 unspecified atom stereocenters. The molecule has 1 heterocycles. The minimum atomic E-state index is 0.00889. The van der Waals surface area contributed by atoms with E-state index >= 15 is 0 Å². The SMILES string of the molecule is CCCc1cc(Cl)nc(C(OCC)C2CCCCC2)n1. The van der Waals surface area contributed by atoms with Crippen LogP contribution < -0.4 is 0 Å². The molecule has 1 aliphatic carbocycles. The summed E-state index contributed by atoms with van der Waals surface area (Å²) in [5, 5.41) is 0.541. The first kappa shape index (κ1) is 15.7. The summed E-state index contributed by atoms with van der Waals surface area (Å²) in [4.78, 5) is 9.14. The lowest BCUT2D eigenvalue weighted by Gasteiger charge is -2.29. The molecule has 1 saturated carbocycles. The Morgan fingerprint density at radius 1 is 1.25 bits per heavy atom. The third-order valence-electron chi connectivity index (χ3n) is 3.95. The molecule has 0 aromatic carbocycles. The van der Waals surface area contributed by atoms with E-state index in [4.69, 9.17) is 21.3 Å². The molecule has 1 aromatic heterocycles. The summed E-state index contributed by atoms with van der Waals surface area (Å²) in [7, 11) is 0. The zero-order chi connectivity index (χ0) is 14.4. The van der Waals surface area contributed by atoms with Gasteiger partial charge in [-0.1, -0.05) is 44.2 Å². The van der Waals surface area contributed by atoms with Gasteiger partial charge in [-0.2, -0.15) is 0 Å². The Bertz CT molecular complexity index is 419. The molecular formula is C16H25ClN2O. The second-order valence-corrected chi connectivity index (χ2v) is 5.95. The molecule has 1 fully saturated rings. The van der Waals surface area contributed by atoms with E-state index in [1.807, 2.05) is 13.0 Å². The van der Waals surface area contributed by atoms with Crippen LogP contribution in [-0.2, 0) is 11.2 Å². The Balaban J connectivity index is 2.22. The quantitative estimate of drug-likeness (QED) is 0.711. The third-order valence-corrected chi connectivity index (χ3v) is 4.14. The van der Waals surface area contributed by atoms with E-state index in [1.165, 1.54) is 32.1 Å². The fraction of sp³-hybridized carbons (Fsp3) is 0.750. The van der Waals surface area contributed by atoms with Crippen LogP contribution in [0.15, 0.2) is 6.07 Å². The Morgan fingerprint density at radius 2 is 2.00 bits per heavy atom. The van der Waals surface area contributed by atoms with Crippen LogP contribution >= 0.6 is 11.6 Å². The summed E-state index contributed by atoms with van der Waals surface area (Å²) < 4.78 is 5.97. The molecular weight excluding hydrogens is 272 g/mol. The van der Waals surface area contributed by atoms with Gasteiger partial charge in [-0.3, -0.25) is 0 Å². The van der Waals surface area contributed by atoms with Gasteiger partial charge in [-0.15, -0.1) is 0 Å². The summed E-state index contributed by atoms with van der Waals surface area (Å²) in [5.74, 6) is 1.33. The Hall–Kier alpha value is -0.670. The van der Waals surface area contributed by atoms with E-state index < -0.39 is 0 Å². The maximum Gasteiger partial charge on any atom is 0.159 e. The predicted molar refractivity (Wildman–Crippen MR) is 82.0 cm³/mol. The van der Waals surface area contributed by atoms with Gasteiger partial charge in [-0.05, 0) is 38.2 Å². The minimum Gasteiger partial charge on any atom is -0.370 e. The maximum absolute atomic E-state index is 6.16. The van der Waals surface area contributed by atoms with Crippen molar-refractivity contribution >= 4 is 11.6 Å². The monoisotopic (exact) mass is 296 g/mol. The van der Waals surface area contributed by atoms with Crippen LogP contribution in [0.3, 0.4) is 0 Å². The zero-order valence-electron chi connectivity index (χ0n) is 12.6. The van der Waals surface area contributed by atoms with E-state index in [1.54, 1.807) is 0 Å². The summed E-state index contributed by atoms with van der Waals surface area (Å²) in [6, 6.07) is 1.87. The van der Waals surface area contributed by atoms with Crippen LogP contribution in [-0.4, -0.2) is 16.6 Å². The van der Waals surface area contributed by atoms with Gasteiger partial charge in [0.2, 0.25) is 0 Å². The molecule has 0 aliphatic heterocycles. The van der Waals surface area contributed by atoms with Crippen molar-refractivity contribution in [3.05, 3.63) is 22.7 Å². The number of halogens is 1. The molecule has 20 heavy (non-hydrogen) atoms. The largest absolute Gasteiger partial charge is 0.370 e. The maximum atomic E-state index is 6.16. The highest BCUT2D eigenvalue weighted by Gasteiger charge is 2.28. The zero-order valence-corrected chi connectivity index (χ0v) is 13.3. The molecule has 0 saturated heterocycles. The number of nitrogens with zero attached hydrogens (tertiary/aromatic N) is 2. The van der Waals surface area contributed by atoms with Gasteiger partial charge in [0.05, 0.1) is 0 Å². The molecule has 112 valence electrons. The van der Waals surface area contributed by atoms with Gasteiger partial charge in [0.1, 0.15) is 11.3 Å². The summed E-state index contributed by atoms with van der Waals surface area (Å²) in [6.45, 7) is 4.88. The number of rotatable bonds is 6. The van der Waals surface area contributed by atoms with Gasteiger partial charge in [-0.25, -0.2) is 9.97 Å². The molecule has 4 heteroatoms. The van der Waals surface area contributed by atoms with E-state index in [-0.39, 0.29) is 6.10 Å². The molecule has 0 radical (unpaired) electrons. The Labute approximate surface area is 127 Å². The Kier molecular flexibility index (Phi) is 6.24. The third kappa shape index (κ3) is 4.16. The standard InChI is InChI=1S/C16H25ClN2O/c1-3-8-13-11-14(17)19-16(18-13)15(20-4-2)12-9-6-5-7-10-12/h11-12,15H,3-10H2,1-2H3. The van der Waals surface area contributed by atoms with Crippen LogP contribution in [0.2, 0.25) is 5.15 Å². The number of aryl methyl sites for hydroxylation is 1. The van der Waals surface area contributed by atoms with Crippen molar-refractivity contribution in [3.63, 3.8) is 0 Å². The summed E-state index contributed by atoms with van der Waals surface area (Å²) in [6.07, 6.45) is 8.36. The molecule has 3 nitrogen and oxygen atoms in total. The van der Waals surface area contributed by atoms with Crippen molar-refractivity contribution < 1.29 is 4.74 Å². The van der Waals surface area contributed by atoms with Crippen LogP contribution in [0.1, 0.15) is 70.0 Å². The highest BCUT2D eigenvalue weighted by Crippen LogP contribution is 2.36. The minimum absolute atomic E-state index is 0.00889. The molecule has 0 spiro atoms. The molecule has 1 atom stereocenters. The van der Waals surface area contributed by atoms with E-state index in [0.717, 1.165) is 24.4 Å². The first-order chi connectivity index (χ1) is 9.74. The lowest BCUT2D eigenvalue weighted by atomic mass is 9.85. The predicted octanol–water partition coefficient (Wildman–Crippen LogP) is 4.74. The average molecular weight is 297 g/mol.